The number of halogens is 1. The lowest BCUT2D eigenvalue weighted by Crippen LogP contribution is -3.00. The van der Waals surface area contributed by atoms with Gasteiger partial charge in [0.1, 0.15) is 7.05 Å². The van der Waals surface area contributed by atoms with Crippen LogP contribution in [0.1, 0.15) is 5.69 Å². The van der Waals surface area contributed by atoms with E-state index in [1.165, 1.54) is 0 Å². The van der Waals surface area contributed by atoms with Crippen LogP contribution >= 0.6 is 0 Å². The molecule has 0 N–H and O–H groups in total. The highest BCUT2D eigenvalue weighted by atomic mass is 35.5. The Morgan fingerprint density at radius 1 is 1.29 bits per heavy atom. The molecule has 2 rings (SSSR count). The zero-order valence-electron chi connectivity index (χ0n) is 8.07. The zero-order valence-corrected chi connectivity index (χ0v) is 8.82. The molecule has 0 amide bonds. The summed E-state index contributed by atoms with van der Waals surface area (Å²) in [6.45, 7) is 1.91. The van der Waals surface area contributed by atoms with Crippen LogP contribution in [0.2, 0.25) is 0 Å². The quantitative estimate of drug-likeness (QED) is 0.535. The van der Waals surface area contributed by atoms with Crippen LogP contribution in [0.15, 0.2) is 35.1 Å². The number of hydrogen-bond donors (Lipinski definition) is 0. The Hall–Kier alpha value is -1.35. The van der Waals surface area contributed by atoms with Gasteiger partial charge in [0, 0.05) is 23.8 Å². The lowest BCUT2D eigenvalue weighted by Gasteiger charge is -1.91. The second-order valence-corrected chi connectivity index (χ2v) is 3.08. The third kappa shape index (κ3) is 2.12. The van der Waals surface area contributed by atoms with Crippen molar-refractivity contribution in [2.45, 2.75) is 6.92 Å². The largest absolute Gasteiger partial charge is 1.00 e. The van der Waals surface area contributed by atoms with Gasteiger partial charge in [0.05, 0.1) is 5.69 Å². The van der Waals surface area contributed by atoms with Crippen molar-refractivity contribution in [3.63, 3.8) is 0 Å². The first-order valence-electron chi connectivity index (χ1n) is 4.15. The van der Waals surface area contributed by atoms with E-state index in [1.54, 1.807) is 0 Å². The van der Waals surface area contributed by atoms with Gasteiger partial charge in [-0.25, -0.2) is 4.57 Å². The van der Waals surface area contributed by atoms with Crippen molar-refractivity contribution < 1.29 is 21.5 Å². The molecule has 0 fully saturated rings. The van der Waals surface area contributed by atoms with Gasteiger partial charge in [-0.05, 0) is 6.92 Å². The number of rotatable bonds is 1. The van der Waals surface area contributed by atoms with Crippen LogP contribution in [-0.2, 0) is 7.05 Å². The molecule has 2 aromatic heterocycles. The van der Waals surface area contributed by atoms with Gasteiger partial charge in [0.25, 0.3) is 0 Å². The normalized spacial score (nSPS) is 9.57. The van der Waals surface area contributed by atoms with E-state index in [0.717, 1.165) is 17.0 Å². The topological polar surface area (TPSA) is 29.9 Å². The van der Waals surface area contributed by atoms with Crippen molar-refractivity contribution in [1.82, 2.24) is 5.16 Å². The molecule has 14 heavy (non-hydrogen) atoms. The first kappa shape index (κ1) is 10.7. The van der Waals surface area contributed by atoms with Crippen molar-refractivity contribution >= 4 is 0 Å². The first-order chi connectivity index (χ1) is 6.25. The second kappa shape index (κ2) is 4.24. The molecule has 0 saturated carbocycles. The molecule has 0 aliphatic rings. The predicted octanol–water partition coefficient (Wildman–Crippen LogP) is -1.52. The lowest BCUT2D eigenvalue weighted by atomic mass is 10.2. The van der Waals surface area contributed by atoms with Crippen LogP contribution in [0.4, 0.5) is 0 Å². The Balaban J connectivity index is 0.000000980. The molecule has 0 aromatic carbocycles. The van der Waals surface area contributed by atoms with E-state index in [-0.39, 0.29) is 12.4 Å². The first-order valence-corrected chi connectivity index (χ1v) is 4.15. The Morgan fingerprint density at radius 2 is 1.93 bits per heavy atom. The summed E-state index contributed by atoms with van der Waals surface area (Å²) in [6, 6.07) is 5.93. The molecule has 0 radical (unpaired) electrons. The van der Waals surface area contributed by atoms with Gasteiger partial charge in [-0.1, -0.05) is 5.16 Å². The molecule has 74 valence electrons. The van der Waals surface area contributed by atoms with Crippen molar-refractivity contribution in [2.24, 2.45) is 7.05 Å². The second-order valence-electron chi connectivity index (χ2n) is 3.08. The summed E-state index contributed by atoms with van der Waals surface area (Å²) in [5.74, 6) is 0.818. The number of hydrogen-bond acceptors (Lipinski definition) is 2. The third-order valence-corrected chi connectivity index (χ3v) is 1.89. The third-order valence-electron chi connectivity index (χ3n) is 1.89. The van der Waals surface area contributed by atoms with E-state index in [2.05, 4.69) is 5.16 Å². The fourth-order valence-electron chi connectivity index (χ4n) is 1.16. The number of aryl methyl sites for hydroxylation is 2. The Morgan fingerprint density at radius 3 is 2.43 bits per heavy atom. The van der Waals surface area contributed by atoms with Crippen LogP contribution in [-0.4, -0.2) is 5.16 Å². The lowest BCUT2D eigenvalue weighted by molar-refractivity contribution is -0.671. The predicted molar refractivity (Wildman–Crippen MR) is 47.9 cm³/mol. The molecule has 2 aromatic rings. The number of nitrogens with zero attached hydrogens (tertiary/aromatic N) is 2. The average Bonchev–Trinajstić information content (AvgIpc) is 2.53. The van der Waals surface area contributed by atoms with E-state index >= 15 is 0 Å². The molecule has 0 aliphatic carbocycles. The highest BCUT2D eigenvalue weighted by molar-refractivity contribution is 5.55. The van der Waals surface area contributed by atoms with Crippen LogP contribution in [0.3, 0.4) is 0 Å². The van der Waals surface area contributed by atoms with E-state index in [9.17, 15) is 0 Å². The molecule has 3 nitrogen and oxygen atoms in total. The highest BCUT2D eigenvalue weighted by Crippen LogP contribution is 2.17. The molecular weight excluding hydrogens is 200 g/mol. The van der Waals surface area contributed by atoms with Crippen molar-refractivity contribution in [2.75, 3.05) is 0 Å². The zero-order chi connectivity index (χ0) is 9.26. The Labute approximate surface area is 88.8 Å². The van der Waals surface area contributed by atoms with Gasteiger partial charge in [-0.3, -0.25) is 0 Å². The van der Waals surface area contributed by atoms with Crippen LogP contribution < -0.4 is 17.0 Å². The van der Waals surface area contributed by atoms with E-state index in [1.807, 2.05) is 49.1 Å². The number of aromatic nitrogens is 2. The Kier molecular flexibility index (Phi) is 3.25. The van der Waals surface area contributed by atoms with Crippen molar-refractivity contribution in [3.05, 3.63) is 36.3 Å². The average molecular weight is 211 g/mol. The summed E-state index contributed by atoms with van der Waals surface area (Å²) in [4.78, 5) is 0. The molecule has 0 spiro atoms. The van der Waals surface area contributed by atoms with E-state index in [4.69, 9.17) is 4.52 Å². The minimum Gasteiger partial charge on any atom is -1.00 e. The standard InChI is InChI=1S/C10H11N2O.ClH/c1-8-7-10(13-11-8)9-3-5-12(2)6-4-9;/h3-7H,1-2H3;1H/q+1;/p-1. The monoisotopic (exact) mass is 210 g/mol. The fourth-order valence-corrected chi connectivity index (χ4v) is 1.16. The van der Waals surface area contributed by atoms with Crippen LogP contribution in [0.25, 0.3) is 11.3 Å². The van der Waals surface area contributed by atoms with Gasteiger partial charge >= 0.3 is 0 Å². The van der Waals surface area contributed by atoms with Crippen molar-refractivity contribution in [1.29, 1.82) is 0 Å². The molecular formula is C10H11ClN2O. The summed E-state index contributed by atoms with van der Waals surface area (Å²) < 4.78 is 7.11. The minimum atomic E-state index is 0. The maximum atomic E-state index is 5.13. The molecule has 0 bridgehead atoms. The maximum Gasteiger partial charge on any atom is 0.169 e. The van der Waals surface area contributed by atoms with Gasteiger partial charge in [-0.15, -0.1) is 0 Å². The SMILES string of the molecule is Cc1cc(-c2cc[n+](C)cc2)on1.[Cl-]. The summed E-state index contributed by atoms with van der Waals surface area (Å²) in [5.41, 5.74) is 1.96. The summed E-state index contributed by atoms with van der Waals surface area (Å²) in [7, 11) is 1.98. The fraction of sp³-hybridized carbons (Fsp3) is 0.200. The van der Waals surface area contributed by atoms with Gasteiger partial charge < -0.3 is 16.9 Å². The molecule has 2 heterocycles. The van der Waals surface area contributed by atoms with Gasteiger partial charge in [0.15, 0.2) is 18.2 Å². The summed E-state index contributed by atoms with van der Waals surface area (Å²) in [6.07, 6.45) is 3.96. The molecule has 0 atom stereocenters. The maximum absolute atomic E-state index is 5.13. The summed E-state index contributed by atoms with van der Waals surface area (Å²) in [5, 5.41) is 3.83. The molecule has 0 aliphatic heterocycles. The highest BCUT2D eigenvalue weighted by Gasteiger charge is 2.04. The van der Waals surface area contributed by atoms with Gasteiger partial charge in [-0.2, -0.15) is 0 Å². The minimum absolute atomic E-state index is 0. The summed E-state index contributed by atoms with van der Waals surface area (Å²) >= 11 is 0. The molecule has 0 unspecified atom stereocenters. The van der Waals surface area contributed by atoms with Crippen LogP contribution in [0.5, 0.6) is 0 Å². The van der Waals surface area contributed by atoms with Crippen molar-refractivity contribution in [3.8, 4) is 11.3 Å². The molecule has 4 heteroatoms. The van der Waals surface area contributed by atoms with E-state index < -0.39 is 0 Å². The van der Waals surface area contributed by atoms with E-state index in [0.29, 0.717) is 0 Å². The number of pyridine rings is 1. The smallest absolute Gasteiger partial charge is 0.169 e. The Bertz CT molecular complexity index is 408. The van der Waals surface area contributed by atoms with Crippen LogP contribution in [0, 0.1) is 6.92 Å². The van der Waals surface area contributed by atoms with Gasteiger partial charge in [0.2, 0.25) is 0 Å². The molecule has 0 saturated heterocycles.